The van der Waals surface area contributed by atoms with Crippen LogP contribution < -0.4 is 10.6 Å². The second kappa shape index (κ2) is 3.89. The van der Waals surface area contributed by atoms with Gasteiger partial charge in [0.25, 0.3) is 0 Å². The van der Waals surface area contributed by atoms with Crippen molar-refractivity contribution in [2.45, 2.75) is 32.7 Å². The third-order valence-corrected chi connectivity index (χ3v) is 3.57. The summed E-state index contributed by atoms with van der Waals surface area (Å²) in [6.07, 6.45) is 2.33. The number of carbonyl (C=O) groups is 1. The minimum absolute atomic E-state index is 0.200. The van der Waals surface area contributed by atoms with Gasteiger partial charge < -0.3 is 10.6 Å². The maximum Gasteiger partial charge on any atom is 0.224 e. The Labute approximate surface area is 85.6 Å². The molecule has 0 spiro atoms. The van der Waals surface area contributed by atoms with E-state index in [-0.39, 0.29) is 11.8 Å². The third kappa shape index (κ3) is 1.92. The zero-order valence-corrected chi connectivity index (χ0v) is 9.05. The minimum atomic E-state index is 0.200. The number of nitrogens with one attached hydrogen (secondary N) is 2. The molecule has 1 heterocycles. The predicted octanol–water partition coefficient (Wildman–Crippen LogP) is 0.757. The Balaban J connectivity index is 1.78. The lowest BCUT2D eigenvalue weighted by Gasteiger charge is -2.34. The van der Waals surface area contributed by atoms with Crippen molar-refractivity contribution in [3.8, 4) is 0 Å². The Hall–Kier alpha value is -0.570. The standard InChI is InChI=1S/C11H20N2O/c1-7-3-9(4-7)13-11(14)10-6-12-5-8(10)2/h7-10,12H,3-6H2,1-2H3,(H,13,14). The van der Waals surface area contributed by atoms with Crippen LogP contribution in [0.1, 0.15) is 26.7 Å². The van der Waals surface area contributed by atoms with Gasteiger partial charge in [-0.15, -0.1) is 0 Å². The lowest BCUT2D eigenvalue weighted by Crippen LogP contribution is -2.46. The van der Waals surface area contributed by atoms with Crippen LogP contribution in [0.25, 0.3) is 0 Å². The first-order valence-electron chi connectivity index (χ1n) is 5.68. The predicted molar refractivity (Wildman–Crippen MR) is 55.9 cm³/mol. The molecule has 2 unspecified atom stereocenters. The van der Waals surface area contributed by atoms with Crippen molar-refractivity contribution in [3.63, 3.8) is 0 Å². The summed E-state index contributed by atoms with van der Waals surface area (Å²) in [6.45, 7) is 6.23. The molecule has 0 bridgehead atoms. The van der Waals surface area contributed by atoms with Gasteiger partial charge in [0.05, 0.1) is 5.92 Å². The summed E-state index contributed by atoms with van der Waals surface area (Å²) in [5.41, 5.74) is 0. The van der Waals surface area contributed by atoms with Crippen LogP contribution in [0.5, 0.6) is 0 Å². The smallest absolute Gasteiger partial charge is 0.224 e. The molecule has 0 aromatic rings. The summed E-state index contributed by atoms with van der Waals surface area (Å²) < 4.78 is 0. The van der Waals surface area contributed by atoms with Gasteiger partial charge in [-0.25, -0.2) is 0 Å². The van der Waals surface area contributed by atoms with Crippen molar-refractivity contribution in [2.75, 3.05) is 13.1 Å². The van der Waals surface area contributed by atoms with Crippen LogP contribution in [0.4, 0.5) is 0 Å². The van der Waals surface area contributed by atoms with E-state index in [1.54, 1.807) is 0 Å². The second-order valence-corrected chi connectivity index (χ2v) is 5.02. The normalized spacial score (nSPS) is 41.9. The van der Waals surface area contributed by atoms with Gasteiger partial charge in [0.1, 0.15) is 0 Å². The minimum Gasteiger partial charge on any atom is -0.353 e. The molecule has 2 aliphatic rings. The first-order chi connectivity index (χ1) is 6.66. The summed E-state index contributed by atoms with van der Waals surface area (Å²) in [6, 6.07) is 0.463. The Morgan fingerprint density at radius 3 is 2.50 bits per heavy atom. The molecular weight excluding hydrogens is 176 g/mol. The average Bonchev–Trinajstić information content (AvgIpc) is 2.48. The number of hydrogen-bond acceptors (Lipinski definition) is 2. The molecule has 0 radical (unpaired) electrons. The lowest BCUT2D eigenvalue weighted by molar-refractivity contribution is -0.126. The molecule has 2 fully saturated rings. The summed E-state index contributed by atoms with van der Waals surface area (Å²) in [7, 11) is 0. The Morgan fingerprint density at radius 2 is 2.00 bits per heavy atom. The third-order valence-electron chi connectivity index (χ3n) is 3.57. The molecule has 1 amide bonds. The lowest BCUT2D eigenvalue weighted by atomic mass is 9.81. The quantitative estimate of drug-likeness (QED) is 0.684. The van der Waals surface area contributed by atoms with Gasteiger partial charge in [0, 0.05) is 12.6 Å². The molecule has 1 saturated heterocycles. The number of hydrogen-bond donors (Lipinski definition) is 2. The van der Waals surface area contributed by atoms with Crippen molar-refractivity contribution in [2.24, 2.45) is 17.8 Å². The molecule has 1 aliphatic carbocycles. The summed E-state index contributed by atoms with van der Waals surface area (Å²) >= 11 is 0. The maximum atomic E-state index is 11.8. The van der Waals surface area contributed by atoms with Crippen LogP contribution in [-0.2, 0) is 4.79 Å². The van der Waals surface area contributed by atoms with Crippen molar-refractivity contribution < 1.29 is 4.79 Å². The van der Waals surface area contributed by atoms with E-state index in [9.17, 15) is 4.79 Å². The van der Waals surface area contributed by atoms with Gasteiger partial charge in [-0.1, -0.05) is 13.8 Å². The van der Waals surface area contributed by atoms with E-state index < -0.39 is 0 Å². The van der Waals surface area contributed by atoms with Crippen LogP contribution in [-0.4, -0.2) is 25.0 Å². The maximum absolute atomic E-state index is 11.8. The molecule has 14 heavy (non-hydrogen) atoms. The highest BCUT2D eigenvalue weighted by atomic mass is 16.2. The van der Waals surface area contributed by atoms with E-state index in [0.29, 0.717) is 12.0 Å². The molecular formula is C11H20N2O. The molecule has 0 aromatic carbocycles. The summed E-state index contributed by atoms with van der Waals surface area (Å²) in [5, 5.41) is 6.40. The Kier molecular flexibility index (Phi) is 2.77. The fourth-order valence-electron chi connectivity index (χ4n) is 2.49. The van der Waals surface area contributed by atoms with Gasteiger partial charge in [-0.2, -0.15) is 0 Å². The molecule has 3 nitrogen and oxygen atoms in total. The second-order valence-electron chi connectivity index (χ2n) is 5.02. The molecule has 0 aromatic heterocycles. The molecule has 2 N–H and O–H groups in total. The Bertz CT molecular complexity index is 223. The topological polar surface area (TPSA) is 41.1 Å². The van der Waals surface area contributed by atoms with Gasteiger partial charge in [-0.3, -0.25) is 4.79 Å². The SMILES string of the molecule is CC1CC(NC(=O)C2CNCC2C)C1. The van der Waals surface area contributed by atoms with Crippen LogP contribution in [0.2, 0.25) is 0 Å². The number of rotatable bonds is 2. The highest BCUT2D eigenvalue weighted by molar-refractivity contribution is 5.80. The fourth-order valence-corrected chi connectivity index (χ4v) is 2.49. The average molecular weight is 196 g/mol. The summed E-state index contributed by atoms with van der Waals surface area (Å²) in [5.74, 6) is 1.76. The van der Waals surface area contributed by atoms with E-state index in [4.69, 9.17) is 0 Å². The van der Waals surface area contributed by atoms with Crippen LogP contribution in [0.3, 0.4) is 0 Å². The zero-order valence-electron chi connectivity index (χ0n) is 9.05. The number of amides is 1. The molecule has 2 rings (SSSR count). The number of carbonyl (C=O) groups excluding carboxylic acids is 1. The van der Waals surface area contributed by atoms with Crippen LogP contribution in [0, 0.1) is 17.8 Å². The van der Waals surface area contributed by atoms with Gasteiger partial charge in [0.15, 0.2) is 0 Å². The molecule has 3 heteroatoms. The van der Waals surface area contributed by atoms with E-state index in [1.165, 1.54) is 12.8 Å². The van der Waals surface area contributed by atoms with Gasteiger partial charge >= 0.3 is 0 Å². The van der Waals surface area contributed by atoms with E-state index >= 15 is 0 Å². The zero-order chi connectivity index (χ0) is 10.1. The molecule has 2 atom stereocenters. The Morgan fingerprint density at radius 1 is 1.29 bits per heavy atom. The molecule has 1 saturated carbocycles. The van der Waals surface area contributed by atoms with E-state index in [1.807, 2.05) is 0 Å². The van der Waals surface area contributed by atoms with Gasteiger partial charge in [0.2, 0.25) is 5.91 Å². The first-order valence-corrected chi connectivity index (χ1v) is 5.68. The van der Waals surface area contributed by atoms with Crippen LogP contribution >= 0.6 is 0 Å². The van der Waals surface area contributed by atoms with Crippen LogP contribution in [0.15, 0.2) is 0 Å². The van der Waals surface area contributed by atoms with E-state index in [2.05, 4.69) is 24.5 Å². The monoisotopic (exact) mass is 196 g/mol. The van der Waals surface area contributed by atoms with E-state index in [0.717, 1.165) is 19.0 Å². The largest absolute Gasteiger partial charge is 0.353 e. The fraction of sp³-hybridized carbons (Fsp3) is 0.909. The van der Waals surface area contributed by atoms with Crippen molar-refractivity contribution in [1.82, 2.24) is 10.6 Å². The van der Waals surface area contributed by atoms with Crippen molar-refractivity contribution >= 4 is 5.91 Å². The first kappa shape index (κ1) is 9.97. The van der Waals surface area contributed by atoms with Crippen molar-refractivity contribution in [1.29, 1.82) is 0 Å². The van der Waals surface area contributed by atoms with Crippen molar-refractivity contribution in [3.05, 3.63) is 0 Å². The highest BCUT2D eigenvalue weighted by Crippen LogP contribution is 2.27. The summed E-state index contributed by atoms with van der Waals surface area (Å²) in [4.78, 5) is 11.8. The van der Waals surface area contributed by atoms with Gasteiger partial charge in [-0.05, 0) is 31.2 Å². The molecule has 1 aliphatic heterocycles. The highest BCUT2D eigenvalue weighted by Gasteiger charge is 2.33. The molecule has 80 valence electrons.